The molecule has 0 saturated carbocycles. The lowest BCUT2D eigenvalue weighted by Crippen LogP contribution is -2.39. The van der Waals surface area contributed by atoms with Crippen molar-refractivity contribution in [2.45, 2.75) is 13.0 Å². The number of carbonyl (C=O) groups excluding carboxylic acids is 2. The third-order valence-electron chi connectivity index (χ3n) is 2.03. The summed E-state index contributed by atoms with van der Waals surface area (Å²) in [5.74, 6) is -0.884. The summed E-state index contributed by atoms with van der Waals surface area (Å²) < 4.78 is 5.20. The molecule has 0 saturated heterocycles. The standard InChI is InChI=1S/C11H11BrClNO3/c1-6(11(16)17-2)14-10(15)7-3-8(12)5-9(13)4-7/h3-6H,1-2H3,(H,14,15). The first-order chi connectivity index (χ1) is 7.93. The highest BCUT2D eigenvalue weighted by Crippen LogP contribution is 2.19. The Kier molecular flexibility index (Phi) is 4.96. The number of rotatable bonds is 3. The van der Waals surface area contributed by atoms with Gasteiger partial charge in [-0.1, -0.05) is 27.5 Å². The van der Waals surface area contributed by atoms with Crippen LogP contribution >= 0.6 is 27.5 Å². The van der Waals surface area contributed by atoms with E-state index in [1.165, 1.54) is 13.2 Å². The Balaban J connectivity index is 2.79. The average molecular weight is 321 g/mol. The number of esters is 1. The number of nitrogens with one attached hydrogen (secondary N) is 1. The average Bonchev–Trinajstić information content (AvgIpc) is 2.26. The van der Waals surface area contributed by atoms with E-state index in [0.29, 0.717) is 15.1 Å². The van der Waals surface area contributed by atoms with Gasteiger partial charge in [0.1, 0.15) is 6.04 Å². The third-order valence-corrected chi connectivity index (χ3v) is 2.70. The first-order valence-electron chi connectivity index (χ1n) is 4.79. The summed E-state index contributed by atoms with van der Waals surface area (Å²) in [5, 5.41) is 2.95. The fourth-order valence-corrected chi connectivity index (χ4v) is 2.06. The molecule has 0 aliphatic rings. The SMILES string of the molecule is COC(=O)C(C)NC(=O)c1cc(Cl)cc(Br)c1. The van der Waals surface area contributed by atoms with Gasteiger partial charge in [0.15, 0.2) is 0 Å². The molecule has 0 aromatic heterocycles. The van der Waals surface area contributed by atoms with E-state index in [1.54, 1.807) is 19.1 Å². The molecule has 1 unspecified atom stereocenters. The quantitative estimate of drug-likeness (QED) is 0.870. The molecule has 1 amide bonds. The van der Waals surface area contributed by atoms with E-state index in [2.05, 4.69) is 26.0 Å². The highest BCUT2D eigenvalue weighted by Gasteiger charge is 2.17. The first kappa shape index (κ1) is 14.0. The van der Waals surface area contributed by atoms with Crippen LogP contribution in [0.15, 0.2) is 22.7 Å². The Labute approximate surface area is 112 Å². The third kappa shape index (κ3) is 4.02. The summed E-state index contributed by atoms with van der Waals surface area (Å²) in [6.07, 6.45) is 0. The molecule has 1 rings (SSSR count). The van der Waals surface area contributed by atoms with Gasteiger partial charge in [-0.15, -0.1) is 0 Å². The Morgan fingerprint density at radius 1 is 1.41 bits per heavy atom. The molecule has 0 spiro atoms. The smallest absolute Gasteiger partial charge is 0.328 e. The predicted molar refractivity (Wildman–Crippen MR) is 68.1 cm³/mol. The normalized spacial score (nSPS) is 11.8. The summed E-state index contributed by atoms with van der Waals surface area (Å²) in [6, 6.07) is 4.10. The van der Waals surface area contributed by atoms with Gasteiger partial charge in [-0.25, -0.2) is 4.79 Å². The minimum Gasteiger partial charge on any atom is -0.467 e. The summed E-state index contributed by atoms with van der Waals surface area (Å²) >= 11 is 9.05. The first-order valence-corrected chi connectivity index (χ1v) is 5.96. The maximum atomic E-state index is 11.8. The van der Waals surface area contributed by atoms with E-state index in [4.69, 9.17) is 11.6 Å². The maximum absolute atomic E-state index is 11.8. The molecule has 0 radical (unpaired) electrons. The zero-order valence-electron chi connectivity index (χ0n) is 9.29. The lowest BCUT2D eigenvalue weighted by Gasteiger charge is -2.11. The number of methoxy groups -OCH3 is 1. The van der Waals surface area contributed by atoms with Crippen molar-refractivity contribution < 1.29 is 14.3 Å². The van der Waals surface area contributed by atoms with Crippen molar-refractivity contribution in [1.29, 1.82) is 0 Å². The molecule has 0 heterocycles. The fourth-order valence-electron chi connectivity index (χ4n) is 1.20. The van der Waals surface area contributed by atoms with Crippen LogP contribution in [0.3, 0.4) is 0 Å². The van der Waals surface area contributed by atoms with Gasteiger partial charge >= 0.3 is 5.97 Å². The molecule has 1 aromatic carbocycles. The number of amides is 1. The van der Waals surface area contributed by atoms with Gasteiger partial charge in [-0.05, 0) is 25.1 Å². The van der Waals surface area contributed by atoms with Gasteiger partial charge in [-0.2, -0.15) is 0 Å². The van der Waals surface area contributed by atoms with E-state index in [0.717, 1.165) is 0 Å². The summed E-state index contributed by atoms with van der Waals surface area (Å²) in [4.78, 5) is 22.9. The van der Waals surface area contributed by atoms with Crippen LogP contribution < -0.4 is 5.32 Å². The second-order valence-electron chi connectivity index (χ2n) is 3.38. The number of hydrogen-bond donors (Lipinski definition) is 1. The van der Waals surface area contributed by atoms with Crippen molar-refractivity contribution >= 4 is 39.4 Å². The van der Waals surface area contributed by atoms with Crippen LogP contribution in [0.1, 0.15) is 17.3 Å². The van der Waals surface area contributed by atoms with Crippen molar-refractivity contribution in [2.24, 2.45) is 0 Å². The molecule has 0 bridgehead atoms. The molecular formula is C11H11BrClNO3. The Hall–Kier alpha value is -1.07. The summed E-state index contributed by atoms with van der Waals surface area (Å²) in [6.45, 7) is 1.54. The van der Waals surface area contributed by atoms with Crippen molar-refractivity contribution in [1.82, 2.24) is 5.32 Å². The van der Waals surface area contributed by atoms with Crippen LogP contribution in [-0.2, 0) is 9.53 Å². The van der Waals surface area contributed by atoms with E-state index in [1.807, 2.05) is 0 Å². The van der Waals surface area contributed by atoms with Crippen LogP contribution in [0.4, 0.5) is 0 Å². The van der Waals surface area contributed by atoms with Crippen molar-refractivity contribution in [3.63, 3.8) is 0 Å². The molecule has 0 aliphatic heterocycles. The molecule has 0 aliphatic carbocycles. The molecule has 4 nitrogen and oxygen atoms in total. The summed E-state index contributed by atoms with van der Waals surface area (Å²) in [7, 11) is 1.26. The minimum atomic E-state index is -0.703. The lowest BCUT2D eigenvalue weighted by molar-refractivity contribution is -0.142. The second kappa shape index (κ2) is 6.02. The maximum Gasteiger partial charge on any atom is 0.328 e. The van der Waals surface area contributed by atoms with Gasteiger partial charge in [0.25, 0.3) is 5.91 Å². The number of carbonyl (C=O) groups is 2. The van der Waals surface area contributed by atoms with E-state index in [9.17, 15) is 9.59 Å². The minimum absolute atomic E-state index is 0.375. The lowest BCUT2D eigenvalue weighted by atomic mass is 10.2. The molecule has 1 atom stereocenters. The zero-order chi connectivity index (χ0) is 13.0. The van der Waals surface area contributed by atoms with Gasteiger partial charge in [0.2, 0.25) is 0 Å². The van der Waals surface area contributed by atoms with Gasteiger partial charge in [-0.3, -0.25) is 4.79 Å². The molecule has 17 heavy (non-hydrogen) atoms. The van der Waals surface area contributed by atoms with Gasteiger partial charge < -0.3 is 10.1 Å². The number of ether oxygens (including phenoxy) is 1. The molecule has 0 fully saturated rings. The Morgan fingerprint density at radius 2 is 2.06 bits per heavy atom. The molecule has 6 heteroatoms. The van der Waals surface area contributed by atoms with Crippen LogP contribution in [-0.4, -0.2) is 25.0 Å². The van der Waals surface area contributed by atoms with Crippen LogP contribution in [0.2, 0.25) is 5.02 Å². The predicted octanol–water partition coefficient (Wildman–Crippen LogP) is 2.39. The highest BCUT2D eigenvalue weighted by molar-refractivity contribution is 9.10. The van der Waals surface area contributed by atoms with E-state index < -0.39 is 12.0 Å². The Morgan fingerprint density at radius 3 is 2.59 bits per heavy atom. The zero-order valence-corrected chi connectivity index (χ0v) is 11.6. The van der Waals surface area contributed by atoms with Crippen LogP contribution in [0, 0.1) is 0 Å². The van der Waals surface area contributed by atoms with Crippen molar-refractivity contribution in [2.75, 3.05) is 7.11 Å². The van der Waals surface area contributed by atoms with Gasteiger partial charge in [0, 0.05) is 15.1 Å². The largest absolute Gasteiger partial charge is 0.467 e. The van der Waals surface area contributed by atoms with E-state index in [-0.39, 0.29) is 5.91 Å². The molecule has 92 valence electrons. The van der Waals surface area contributed by atoms with Crippen molar-refractivity contribution in [3.05, 3.63) is 33.3 Å². The van der Waals surface area contributed by atoms with Gasteiger partial charge in [0.05, 0.1) is 7.11 Å². The monoisotopic (exact) mass is 319 g/mol. The topological polar surface area (TPSA) is 55.4 Å². The van der Waals surface area contributed by atoms with Crippen LogP contribution in [0.25, 0.3) is 0 Å². The molecule has 1 aromatic rings. The van der Waals surface area contributed by atoms with E-state index >= 15 is 0 Å². The summed E-state index contributed by atoms with van der Waals surface area (Å²) in [5.41, 5.74) is 0.375. The highest BCUT2D eigenvalue weighted by atomic mass is 79.9. The molecular weight excluding hydrogens is 309 g/mol. The second-order valence-corrected chi connectivity index (χ2v) is 4.73. The number of benzene rings is 1. The molecule has 1 N–H and O–H groups in total. The number of halogens is 2. The van der Waals surface area contributed by atoms with Crippen molar-refractivity contribution in [3.8, 4) is 0 Å². The van der Waals surface area contributed by atoms with Crippen LogP contribution in [0.5, 0.6) is 0 Å². The number of hydrogen-bond acceptors (Lipinski definition) is 3. The Bertz CT molecular complexity index is 430. The fraction of sp³-hybridized carbons (Fsp3) is 0.273.